The van der Waals surface area contributed by atoms with Gasteiger partial charge >= 0.3 is 5.97 Å². The highest BCUT2D eigenvalue weighted by molar-refractivity contribution is 5.66. The third kappa shape index (κ3) is 2.88. The zero-order valence-corrected chi connectivity index (χ0v) is 17.9. The van der Waals surface area contributed by atoms with E-state index in [0.717, 1.165) is 37.0 Å². The quantitative estimate of drug-likeness (QED) is 0.515. The second kappa shape index (κ2) is 6.73. The summed E-state index contributed by atoms with van der Waals surface area (Å²) in [6, 6.07) is 0. The minimum atomic E-state index is -0.367. The highest BCUT2D eigenvalue weighted by Gasteiger charge is 2.62. The van der Waals surface area contributed by atoms with E-state index < -0.39 is 0 Å². The first kappa shape index (κ1) is 19.7. The Morgan fingerprint density at radius 3 is 2.22 bits per heavy atom. The molecule has 4 heteroatoms. The monoisotopic (exact) mass is 378 g/mol. The van der Waals surface area contributed by atoms with Gasteiger partial charge in [0, 0.05) is 39.4 Å². The van der Waals surface area contributed by atoms with Crippen LogP contribution >= 0.6 is 0 Å². The molecule has 0 aromatic heterocycles. The standard InChI is InChI=1S/C23H38O4/c1-15(24)27-20-9-8-18-17-7-6-16-14-23(25-4,26-5)13-12-21(16,2)19(17)10-11-22(18,20)3/h16-20H,6-14H2,1-5H3/t16-,17?,18?,19?,20-,21-,22-/m0/s1. The molecule has 0 bridgehead atoms. The Bertz CT molecular complexity index is 585. The Labute approximate surface area is 164 Å². The van der Waals surface area contributed by atoms with E-state index in [2.05, 4.69) is 13.8 Å². The maximum atomic E-state index is 11.6. The van der Waals surface area contributed by atoms with Gasteiger partial charge in [0.25, 0.3) is 0 Å². The van der Waals surface area contributed by atoms with Gasteiger partial charge in [0.15, 0.2) is 5.79 Å². The predicted octanol–water partition coefficient (Wildman–Crippen LogP) is 4.95. The molecule has 4 aliphatic carbocycles. The van der Waals surface area contributed by atoms with Gasteiger partial charge in [-0.25, -0.2) is 0 Å². The van der Waals surface area contributed by atoms with Crippen LogP contribution in [0.1, 0.15) is 78.6 Å². The van der Waals surface area contributed by atoms with Crippen LogP contribution in [0, 0.1) is 34.5 Å². The highest BCUT2D eigenvalue weighted by atomic mass is 16.7. The first-order valence-corrected chi connectivity index (χ1v) is 11.1. The van der Waals surface area contributed by atoms with E-state index in [-0.39, 0.29) is 23.3 Å². The molecule has 4 nitrogen and oxygen atoms in total. The Balaban J connectivity index is 1.55. The SMILES string of the molecule is COC1(OC)CC[C@]2(C)C3CC[C@@]4(C)C(CC[C@@H]4OC(C)=O)C3CC[C@H]2C1. The number of ether oxygens (including phenoxy) is 3. The van der Waals surface area contributed by atoms with Crippen molar-refractivity contribution in [2.24, 2.45) is 34.5 Å². The molecule has 7 atom stereocenters. The lowest BCUT2D eigenvalue weighted by Crippen LogP contribution is -2.57. The summed E-state index contributed by atoms with van der Waals surface area (Å²) in [6.07, 6.45) is 10.8. The van der Waals surface area contributed by atoms with E-state index in [4.69, 9.17) is 14.2 Å². The average molecular weight is 379 g/mol. The minimum absolute atomic E-state index is 0.109. The van der Waals surface area contributed by atoms with Crippen molar-refractivity contribution in [1.29, 1.82) is 0 Å². The first-order chi connectivity index (χ1) is 12.8. The Morgan fingerprint density at radius 2 is 1.56 bits per heavy atom. The number of hydrogen-bond donors (Lipinski definition) is 0. The molecule has 4 aliphatic rings. The molecule has 0 amide bonds. The molecule has 0 aromatic carbocycles. The average Bonchev–Trinajstić information content (AvgIpc) is 2.97. The molecule has 4 fully saturated rings. The third-order valence-electron chi connectivity index (χ3n) is 9.63. The van der Waals surface area contributed by atoms with Gasteiger partial charge in [0.05, 0.1) is 0 Å². The molecule has 0 heterocycles. The van der Waals surface area contributed by atoms with E-state index in [1.165, 1.54) is 38.5 Å². The smallest absolute Gasteiger partial charge is 0.302 e. The van der Waals surface area contributed by atoms with Gasteiger partial charge < -0.3 is 14.2 Å². The van der Waals surface area contributed by atoms with Crippen molar-refractivity contribution in [3.63, 3.8) is 0 Å². The second-order valence-electron chi connectivity index (χ2n) is 10.4. The maximum Gasteiger partial charge on any atom is 0.302 e. The van der Waals surface area contributed by atoms with Crippen molar-refractivity contribution in [3.8, 4) is 0 Å². The van der Waals surface area contributed by atoms with Crippen molar-refractivity contribution in [2.45, 2.75) is 90.4 Å². The molecular weight excluding hydrogens is 340 g/mol. The molecule has 0 N–H and O–H groups in total. The fourth-order valence-corrected chi connectivity index (χ4v) is 8.00. The van der Waals surface area contributed by atoms with Gasteiger partial charge in [0.2, 0.25) is 0 Å². The largest absolute Gasteiger partial charge is 0.462 e. The molecular formula is C23H38O4. The van der Waals surface area contributed by atoms with Crippen molar-refractivity contribution >= 4 is 5.97 Å². The zero-order chi connectivity index (χ0) is 19.4. The van der Waals surface area contributed by atoms with Crippen LogP contribution in [-0.2, 0) is 19.0 Å². The number of hydrogen-bond acceptors (Lipinski definition) is 4. The molecule has 154 valence electrons. The number of carbonyl (C=O) groups excluding carboxylic acids is 1. The predicted molar refractivity (Wildman–Crippen MR) is 104 cm³/mol. The lowest BCUT2D eigenvalue weighted by Gasteiger charge is -2.62. The van der Waals surface area contributed by atoms with Crippen LogP contribution in [-0.4, -0.2) is 32.1 Å². The third-order valence-corrected chi connectivity index (χ3v) is 9.63. The number of methoxy groups -OCH3 is 2. The van der Waals surface area contributed by atoms with Crippen molar-refractivity contribution in [3.05, 3.63) is 0 Å². The summed E-state index contributed by atoms with van der Waals surface area (Å²) in [4.78, 5) is 11.6. The molecule has 0 radical (unpaired) electrons. The van der Waals surface area contributed by atoms with E-state index >= 15 is 0 Å². The van der Waals surface area contributed by atoms with E-state index in [0.29, 0.717) is 11.3 Å². The van der Waals surface area contributed by atoms with Crippen LogP contribution in [0.4, 0.5) is 0 Å². The van der Waals surface area contributed by atoms with Crippen LogP contribution in [0.5, 0.6) is 0 Å². The van der Waals surface area contributed by atoms with Crippen LogP contribution in [0.3, 0.4) is 0 Å². The lowest BCUT2D eigenvalue weighted by molar-refractivity contribution is -0.261. The fraction of sp³-hybridized carbons (Fsp3) is 0.957. The minimum Gasteiger partial charge on any atom is -0.462 e. The van der Waals surface area contributed by atoms with Crippen molar-refractivity contribution < 1.29 is 19.0 Å². The van der Waals surface area contributed by atoms with Gasteiger partial charge in [-0.1, -0.05) is 13.8 Å². The molecule has 0 saturated heterocycles. The summed E-state index contributed by atoms with van der Waals surface area (Å²) < 4.78 is 17.4. The highest BCUT2D eigenvalue weighted by Crippen LogP contribution is 2.67. The van der Waals surface area contributed by atoms with Crippen LogP contribution in [0.25, 0.3) is 0 Å². The second-order valence-corrected chi connectivity index (χ2v) is 10.4. The zero-order valence-electron chi connectivity index (χ0n) is 17.9. The summed E-state index contributed by atoms with van der Waals surface area (Å²) in [6.45, 7) is 6.53. The number of carbonyl (C=O) groups is 1. The number of fused-ring (bicyclic) bond motifs is 5. The molecule has 0 aliphatic heterocycles. The maximum absolute atomic E-state index is 11.6. The summed E-state index contributed by atoms with van der Waals surface area (Å²) in [5.41, 5.74) is 0.595. The fourth-order valence-electron chi connectivity index (χ4n) is 8.00. The number of rotatable bonds is 3. The van der Waals surface area contributed by atoms with Crippen molar-refractivity contribution in [1.82, 2.24) is 0 Å². The van der Waals surface area contributed by atoms with E-state index in [1.54, 1.807) is 21.1 Å². The summed E-state index contributed by atoms with van der Waals surface area (Å²) >= 11 is 0. The van der Waals surface area contributed by atoms with Crippen LogP contribution in [0.15, 0.2) is 0 Å². The number of esters is 1. The lowest BCUT2D eigenvalue weighted by atomic mass is 9.45. The van der Waals surface area contributed by atoms with Gasteiger partial charge in [-0.3, -0.25) is 4.79 Å². The summed E-state index contributed by atoms with van der Waals surface area (Å²) in [5.74, 6) is 2.54. The Morgan fingerprint density at radius 1 is 0.852 bits per heavy atom. The molecule has 27 heavy (non-hydrogen) atoms. The summed E-state index contributed by atoms with van der Waals surface area (Å²) in [5, 5.41) is 0. The van der Waals surface area contributed by atoms with Crippen LogP contribution in [0.2, 0.25) is 0 Å². The van der Waals surface area contributed by atoms with E-state index in [1.807, 2.05) is 0 Å². The first-order valence-electron chi connectivity index (χ1n) is 11.1. The topological polar surface area (TPSA) is 44.8 Å². The van der Waals surface area contributed by atoms with Crippen LogP contribution < -0.4 is 0 Å². The Hall–Kier alpha value is -0.610. The van der Waals surface area contributed by atoms with Gasteiger partial charge in [-0.05, 0) is 74.0 Å². The molecule has 0 aromatic rings. The molecule has 4 saturated carbocycles. The van der Waals surface area contributed by atoms with Gasteiger partial charge in [-0.15, -0.1) is 0 Å². The Kier molecular flexibility index (Phi) is 4.91. The van der Waals surface area contributed by atoms with E-state index in [9.17, 15) is 4.79 Å². The summed E-state index contributed by atoms with van der Waals surface area (Å²) in [7, 11) is 3.61. The molecule has 4 rings (SSSR count). The van der Waals surface area contributed by atoms with Gasteiger partial charge in [0.1, 0.15) is 6.10 Å². The van der Waals surface area contributed by atoms with Gasteiger partial charge in [-0.2, -0.15) is 0 Å². The molecule has 3 unspecified atom stereocenters. The van der Waals surface area contributed by atoms with Crippen molar-refractivity contribution in [2.75, 3.05) is 14.2 Å². The normalized spacial score (nSPS) is 48.3. The molecule has 0 spiro atoms.